The average Bonchev–Trinajstić information content (AvgIpc) is 2.48. The van der Waals surface area contributed by atoms with E-state index in [1.165, 1.54) is 0 Å². The van der Waals surface area contributed by atoms with E-state index in [-0.39, 0.29) is 11.9 Å². The third-order valence-corrected chi connectivity index (χ3v) is 2.94. The van der Waals surface area contributed by atoms with Crippen molar-refractivity contribution in [2.75, 3.05) is 33.9 Å². The van der Waals surface area contributed by atoms with Gasteiger partial charge in [-0.05, 0) is 40.8 Å². The fourth-order valence-electron chi connectivity index (χ4n) is 1.47. The number of hydrogen-bond donors (Lipinski definition) is 0. The molecule has 22 heavy (non-hydrogen) atoms. The number of carbonyl (C=O) groups excluding carboxylic acids is 2. The molecule has 0 fully saturated rings. The lowest BCUT2D eigenvalue weighted by molar-refractivity contribution is -0.140. The first-order valence-corrected chi connectivity index (χ1v) is 7.72. The molecule has 0 aliphatic heterocycles. The highest BCUT2D eigenvalue weighted by Crippen LogP contribution is 2.03. The Morgan fingerprint density at radius 2 is 1.36 bits per heavy atom. The third-order valence-electron chi connectivity index (χ3n) is 2.94. The van der Waals surface area contributed by atoms with Gasteiger partial charge in [0.15, 0.2) is 0 Å². The SMILES string of the molecule is CCCCOC(=O)C(C)=CC=C(C)C(=O)OCCCN(C)C. The van der Waals surface area contributed by atoms with Crippen LogP contribution in [0.4, 0.5) is 0 Å². The van der Waals surface area contributed by atoms with Gasteiger partial charge in [0.05, 0.1) is 13.2 Å². The lowest BCUT2D eigenvalue weighted by atomic mass is 10.2. The molecule has 0 bridgehead atoms. The fraction of sp³-hybridized carbons (Fsp3) is 0.647. The van der Waals surface area contributed by atoms with Crippen LogP contribution in [0.5, 0.6) is 0 Å². The summed E-state index contributed by atoms with van der Waals surface area (Å²) in [4.78, 5) is 25.4. The quantitative estimate of drug-likeness (QED) is 0.269. The number of ether oxygens (including phenoxy) is 2. The van der Waals surface area contributed by atoms with Gasteiger partial charge in [-0.2, -0.15) is 0 Å². The van der Waals surface area contributed by atoms with Gasteiger partial charge < -0.3 is 14.4 Å². The predicted molar refractivity (Wildman–Crippen MR) is 87.5 cm³/mol. The van der Waals surface area contributed by atoms with E-state index < -0.39 is 0 Å². The topological polar surface area (TPSA) is 55.8 Å². The molecule has 0 aliphatic rings. The van der Waals surface area contributed by atoms with Crippen LogP contribution in [-0.2, 0) is 19.1 Å². The van der Waals surface area contributed by atoms with Crippen LogP contribution < -0.4 is 0 Å². The molecule has 0 amide bonds. The Labute approximate surface area is 134 Å². The predicted octanol–water partition coefficient (Wildman–Crippen LogP) is 2.72. The Morgan fingerprint density at radius 3 is 1.77 bits per heavy atom. The molecule has 5 nitrogen and oxygen atoms in total. The van der Waals surface area contributed by atoms with Crippen molar-refractivity contribution in [2.45, 2.75) is 40.0 Å². The molecule has 5 heteroatoms. The van der Waals surface area contributed by atoms with Crippen LogP contribution in [0.2, 0.25) is 0 Å². The zero-order valence-corrected chi connectivity index (χ0v) is 14.5. The highest BCUT2D eigenvalue weighted by atomic mass is 16.5. The van der Waals surface area contributed by atoms with Gasteiger partial charge in [-0.3, -0.25) is 0 Å². The summed E-state index contributed by atoms with van der Waals surface area (Å²) in [5.74, 6) is -0.709. The van der Waals surface area contributed by atoms with Crippen molar-refractivity contribution in [3.8, 4) is 0 Å². The first-order valence-electron chi connectivity index (χ1n) is 7.72. The van der Waals surface area contributed by atoms with E-state index in [1.807, 2.05) is 25.9 Å². The third kappa shape index (κ3) is 10.2. The average molecular weight is 311 g/mol. The molecular formula is C17H29NO4. The number of nitrogens with zero attached hydrogens (tertiary/aromatic N) is 1. The molecule has 126 valence electrons. The molecule has 0 unspecified atom stereocenters. The molecule has 0 aliphatic carbocycles. The number of rotatable bonds is 10. The van der Waals surface area contributed by atoms with Gasteiger partial charge in [0.1, 0.15) is 0 Å². The summed E-state index contributed by atoms with van der Waals surface area (Å²) in [6.45, 7) is 7.06. The normalized spacial score (nSPS) is 12.5. The van der Waals surface area contributed by atoms with E-state index in [9.17, 15) is 9.59 Å². The van der Waals surface area contributed by atoms with Crippen molar-refractivity contribution in [1.29, 1.82) is 0 Å². The van der Waals surface area contributed by atoms with Crippen LogP contribution in [0.25, 0.3) is 0 Å². The van der Waals surface area contributed by atoms with Gasteiger partial charge in [-0.15, -0.1) is 0 Å². The fourth-order valence-corrected chi connectivity index (χ4v) is 1.47. The van der Waals surface area contributed by atoms with Crippen LogP contribution in [0.1, 0.15) is 40.0 Å². The first kappa shape index (κ1) is 20.4. The smallest absolute Gasteiger partial charge is 0.333 e. The Kier molecular flexibility index (Phi) is 11.1. The van der Waals surface area contributed by atoms with Gasteiger partial charge in [-0.1, -0.05) is 25.5 Å². The maximum Gasteiger partial charge on any atom is 0.333 e. The number of unbranched alkanes of at least 4 members (excludes halogenated alkanes) is 1. The monoisotopic (exact) mass is 311 g/mol. The minimum Gasteiger partial charge on any atom is -0.462 e. The van der Waals surface area contributed by atoms with Crippen molar-refractivity contribution < 1.29 is 19.1 Å². The molecule has 0 radical (unpaired) electrons. The molecule has 0 aromatic carbocycles. The Hall–Kier alpha value is -1.62. The second-order valence-corrected chi connectivity index (χ2v) is 5.48. The molecule has 0 saturated heterocycles. The summed E-state index contributed by atoms with van der Waals surface area (Å²) in [6, 6.07) is 0. The van der Waals surface area contributed by atoms with Crippen LogP contribution in [0.15, 0.2) is 23.3 Å². The van der Waals surface area contributed by atoms with E-state index in [0.29, 0.717) is 24.4 Å². The maximum absolute atomic E-state index is 11.7. The van der Waals surface area contributed by atoms with Crippen molar-refractivity contribution in [3.63, 3.8) is 0 Å². The van der Waals surface area contributed by atoms with E-state index in [4.69, 9.17) is 9.47 Å². The van der Waals surface area contributed by atoms with E-state index >= 15 is 0 Å². The lowest BCUT2D eigenvalue weighted by Crippen LogP contribution is -2.16. The molecule has 0 heterocycles. The van der Waals surface area contributed by atoms with Gasteiger partial charge >= 0.3 is 11.9 Å². The molecular weight excluding hydrogens is 282 g/mol. The van der Waals surface area contributed by atoms with Crippen molar-refractivity contribution in [3.05, 3.63) is 23.3 Å². The lowest BCUT2D eigenvalue weighted by Gasteiger charge is -2.09. The van der Waals surface area contributed by atoms with E-state index in [1.54, 1.807) is 26.0 Å². The molecule has 0 atom stereocenters. The van der Waals surface area contributed by atoms with Gasteiger partial charge in [0.2, 0.25) is 0 Å². The summed E-state index contributed by atoms with van der Waals surface area (Å²) >= 11 is 0. The second kappa shape index (κ2) is 12.0. The standard InChI is InChI=1S/C17H29NO4/c1-6-7-12-21-16(19)14(2)9-10-15(3)17(20)22-13-8-11-18(4)5/h9-10H,6-8,11-13H2,1-5H3. The summed E-state index contributed by atoms with van der Waals surface area (Å²) in [5, 5.41) is 0. The highest BCUT2D eigenvalue weighted by Gasteiger charge is 2.07. The molecule has 0 saturated carbocycles. The van der Waals surface area contributed by atoms with Crippen LogP contribution >= 0.6 is 0 Å². The van der Waals surface area contributed by atoms with Crippen LogP contribution in [0, 0.1) is 0 Å². The second-order valence-electron chi connectivity index (χ2n) is 5.48. The Balaban J connectivity index is 4.24. The summed E-state index contributed by atoms with van der Waals surface area (Å²) in [6.07, 6.45) is 5.81. The number of carbonyl (C=O) groups is 2. The maximum atomic E-state index is 11.7. The molecule has 0 aromatic heterocycles. The summed E-state index contributed by atoms with van der Waals surface area (Å²) in [5.41, 5.74) is 0.932. The zero-order chi connectivity index (χ0) is 17.0. The number of esters is 2. The van der Waals surface area contributed by atoms with E-state index in [2.05, 4.69) is 0 Å². The van der Waals surface area contributed by atoms with Gasteiger partial charge in [0.25, 0.3) is 0 Å². The van der Waals surface area contributed by atoms with Crippen molar-refractivity contribution >= 4 is 11.9 Å². The Morgan fingerprint density at radius 1 is 0.909 bits per heavy atom. The highest BCUT2D eigenvalue weighted by molar-refractivity contribution is 5.90. The van der Waals surface area contributed by atoms with Crippen LogP contribution in [-0.4, -0.2) is 50.7 Å². The minimum absolute atomic E-state index is 0.350. The largest absolute Gasteiger partial charge is 0.462 e. The van der Waals surface area contributed by atoms with Crippen LogP contribution in [0.3, 0.4) is 0 Å². The molecule has 0 rings (SSSR count). The first-order chi connectivity index (χ1) is 10.4. The van der Waals surface area contributed by atoms with Gasteiger partial charge in [0, 0.05) is 17.7 Å². The van der Waals surface area contributed by atoms with Gasteiger partial charge in [-0.25, -0.2) is 9.59 Å². The molecule has 0 N–H and O–H groups in total. The molecule has 0 spiro atoms. The summed E-state index contributed by atoms with van der Waals surface area (Å²) in [7, 11) is 3.94. The van der Waals surface area contributed by atoms with Crippen molar-refractivity contribution in [2.24, 2.45) is 0 Å². The van der Waals surface area contributed by atoms with E-state index in [0.717, 1.165) is 25.8 Å². The number of hydrogen-bond acceptors (Lipinski definition) is 5. The number of allylic oxidation sites excluding steroid dienone is 2. The molecule has 0 aromatic rings. The van der Waals surface area contributed by atoms with Crippen molar-refractivity contribution in [1.82, 2.24) is 4.90 Å². The summed E-state index contributed by atoms with van der Waals surface area (Å²) < 4.78 is 10.2. The minimum atomic E-state index is -0.359. The zero-order valence-electron chi connectivity index (χ0n) is 14.5. The Bertz CT molecular complexity index is 411.